The quantitative estimate of drug-likeness (QED) is 0.454. The maximum atomic E-state index is 12.7. The van der Waals surface area contributed by atoms with Crippen LogP contribution in [0.5, 0.6) is 11.5 Å². The zero-order chi connectivity index (χ0) is 22.2. The molecule has 0 aliphatic carbocycles. The lowest BCUT2D eigenvalue weighted by Crippen LogP contribution is -2.26. The number of H-pyrrole nitrogens is 1. The fraction of sp³-hybridized carbons (Fsp3) is 0.174. The Kier molecular flexibility index (Phi) is 4.78. The molecule has 9 nitrogen and oxygen atoms in total. The standard InChI is InChI=1S/C23H21N5O4/c24-21-20-19(22(29)26-25-21)18(14-10-11-27(12-14)23(30)31)13-28(20)15-6-8-17(9-7-15)32-16-4-2-1-3-5-16/h1-9,13-14H,10-12H2,(H2,24,25)(H,26,29)(H,30,31). The lowest BCUT2D eigenvalue weighted by atomic mass is 9.99. The largest absolute Gasteiger partial charge is 0.465 e. The molecule has 1 amide bonds. The van der Waals surface area contributed by atoms with Gasteiger partial charge in [-0.1, -0.05) is 18.2 Å². The Balaban J connectivity index is 1.55. The summed E-state index contributed by atoms with van der Waals surface area (Å²) in [5.41, 5.74) is 7.87. The molecule has 1 fully saturated rings. The first-order valence-corrected chi connectivity index (χ1v) is 10.2. The van der Waals surface area contributed by atoms with E-state index in [1.54, 1.807) is 0 Å². The Morgan fingerprint density at radius 1 is 1.12 bits per heavy atom. The third kappa shape index (κ3) is 3.43. The topological polar surface area (TPSA) is 126 Å². The third-order valence-corrected chi connectivity index (χ3v) is 5.77. The van der Waals surface area contributed by atoms with Crippen LogP contribution in [0.2, 0.25) is 0 Å². The molecule has 1 unspecified atom stereocenters. The highest BCUT2D eigenvalue weighted by molar-refractivity contribution is 5.92. The summed E-state index contributed by atoms with van der Waals surface area (Å²) in [5, 5.41) is 16.1. The van der Waals surface area contributed by atoms with Gasteiger partial charge in [0.15, 0.2) is 5.82 Å². The first-order chi connectivity index (χ1) is 15.5. The number of nitrogens with zero attached hydrogens (tertiary/aromatic N) is 3. The summed E-state index contributed by atoms with van der Waals surface area (Å²) in [7, 11) is 0. The molecule has 0 saturated carbocycles. The van der Waals surface area contributed by atoms with Gasteiger partial charge in [0.25, 0.3) is 5.56 Å². The maximum Gasteiger partial charge on any atom is 0.407 e. The number of rotatable bonds is 4. The van der Waals surface area contributed by atoms with Crippen LogP contribution in [0.25, 0.3) is 16.6 Å². The summed E-state index contributed by atoms with van der Waals surface area (Å²) in [5.74, 6) is 1.51. The number of nitrogen functional groups attached to an aromatic ring is 1. The molecule has 2 aromatic heterocycles. The van der Waals surface area contributed by atoms with E-state index in [1.165, 1.54) is 4.90 Å². The monoisotopic (exact) mass is 431 g/mol. The Morgan fingerprint density at radius 2 is 1.84 bits per heavy atom. The van der Waals surface area contributed by atoms with E-state index >= 15 is 0 Å². The normalized spacial score (nSPS) is 15.9. The number of nitrogens with one attached hydrogen (secondary N) is 1. The Labute approximate surface area is 182 Å². The summed E-state index contributed by atoms with van der Waals surface area (Å²) < 4.78 is 7.69. The maximum absolute atomic E-state index is 12.7. The lowest BCUT2D eigenvalue weighted by molar-refractivity contribution is 0.155. The van der Waals surface area contributed by atoms with Gasteiger partial charge in [-0.15, -0.1) is 0 Å². The van der Waals surface area contributed by atoms with Gasteiger partial charge in [0, 0.05) is 30.9 Å². The van der Waals surface area contributed by atoms with Crippen LogP contribution >= 0.6 is 0 Å². The van der Waals surface area contributed by atoms with E-state index in [2.05, 4.69) is 10.2 Å². The van der Waals surface area contributed by atoms with E-state index in [0.717, 1.165) is 17.0 Å². The van der Waals surface area contributed by atoms with Crippen molar-refractivity contribution >= 4 is 22.8 Å². The molecule has 9 heteroatoms. The van der Waals surface area contributed by atoms with Gasteiger partial charge >= 0.3 is 6.09 Å². The highest BCUT2D eigenvalue weighted by Gasteiger charge is 2.31. The number of hydrogen-bond acceptors (Lipinski definition) is 5. The molecule has 0 bridgehead atoms. The van der Waals surface area contributed by atoms with Crippen molar-refractivity contribution in [2.45, 2.75) is 12.3 Å². The first kappa shape index (κ1) is 19.7. The highest BCUT2D eigenvalue weighted by atomic mass is 16.5. The molecular weight excluding hydrogens is 410 g/mol. The zero-order valence-corrected chi connectivity index (χ0v) is 17.1. The van der Waals surface area contributed by atoms with Crippen LogP contribution < -0.4 is 16.0 Å². The van der Waals surface area contributed by atoms with Crippen LogP contribution in [0.4, 0.5) is 10.6 Å². The minimum absolute atomic E-state index is 0.0987. The second-order valence-electron chi connectivity index (χ2n) is 7.74. The molecule has 1 aliphatic rings. The lowest BCUT2D eigenvalue weighted by Gasteiger charge is -2.11. The molecule has 1 aliphatic heterocycles. The van der Waals surface area contributed by atoms with Gasteiger partial charge in [0.2, 0.25) is 0 Å². The van der Waals surface area contributed by atoms with E-state index in [-0.39, 0.29) is 17.3 Å². The van der Waals surface area contributed by atoms with Crippen LogP contribution in [0.15, 0.2) is 65.6 Å². The number of benzene rings is 2. The minimum atomic E-state index is -0.958. The number of likely N-dealkylation sites (tertiary alicyclic amines) is 1. The number of aromatic amines is 1. The zero-order valence-electron chi connectivity index (χ0n) is 17.1. The average molecular weight is 431 g/mol. The van der Waals surface area contributed by atoms with Crippen LogP contribution in [-0.2, 0) is 0 Å². The molecule has 4 N–H and O–H groups in total. The number of anilines is 1. The molecule has 162 valence electrons. The van der Waals surface area contributed by atoms with Crippen molar-refractivity contribution in [2.75, 3.05) is 18.8 Å². The predicted octanol–water partition coefficient (Wildman–Crippen LogP) is 3.56. The number of carbonyl (C=O) groups is 1. The summed E-state index contributed by atoms with van der Waals surface area (Å²) >= 11 is 0. The molecule has 32 heavy (non-hydrogen) atoms. The predicted molar refractivity (Wildman–Crippen MR) is 120 cm³/mol. The van der Waals surface area contributed by atoms with Crippen molar-refractivity contribution in [3.63, 3.8) is 0 Å². The van der Waals surface area contributed by atoms with Crippen molar-refractivity contribution < 1.29 is 14.6 Å². The Hall–Kier alpha value is -4.27. The molecule has 4 aromatic rings. The van der Waals surface area contributed by atoms with Gasteiger partial charge in [-0.25, -0.2) is 9.89 Å². The van der Waals surface area contributed by atoms with E-state index in [1.807, 2.05) is 65.4 Å². The van der Waals surface area contributed by atoms with E-state index < -0.39 is 6.09 Å². The molecule has 1 saturated heterocycles. The molecule has 3 heterocycles. The summed E-state index contributed by atoms with van der Waals surface area (Å²) in [6, 6.07) is 16.9. The molecule has 0 spiro atoms. The number of hydrogen-bond donors (Lipinski definition) is 3. The minimum Gasteiger partial charge on any atom is -0.465 e. The van der Waals surface area contributed by atoms with Crippen LogP contribution in [0, 0.1) is 0 Å². The second-order valence-corrected chi connectivity index (χ2v) is 7.74. The SMILES string of the molecule is Nc1n[nH]c(=O)c2c(C3CCN(C(=O)O)C3)cn(-c3ccc(Oc4ccccc4)cc3)c12. The van der Waals surface area contributed by atoms with Crippen molar-refractivity contribution in [3.8, 4) is 17.2 Å². The van der Waals surface area contributed by atoms with Crippen molar-refractivity contribution in [1.82, 2.24) is 19.7 Å². The summed E-state index contributed by atoms with van der Waals surface area (Å²) in [6.45, 7) is 0.761. The third-order valence-electron chi connectivity index (χ3n) is 5.77. The van der Waals surface area contributed by atoms with Gasteiger partial charge in [0.1, 0.15) is 17.0 Å². The molecule has 0 radical (unpaired) electrons. The van der Waals surface area contributed by atoms with Crippen LogP contribution in [0.3, 0.4) is 0 Å². The second kappa shape index (κ2) is 7.77. The van der Waals surface area contributed by atoms with Crippen molar-refractivity contribution in [1.29, 1.82) is 0 Å². The van der Waals surface area contributed by atoms with Crippen molar-refractivity contribution in [3.05, 3.63) is 76.7 Å². The Morgan fingerprint density at radius 3 is 2.53 bits per heavy atom. The number of para-hydroxylation sites is 1. The van der Waals surface area contributed by atoms with Gasteiger partial charge < -0.3 is 25.0 Å². The van der Waals surface area contributed by atoms with Gasteiger partial charge in [0.05, 0.1) is 5.39 Å². The molecule has 1 atom stereocenters. The van der Waals surface area contributed by atoms with E-state index in [4.69, 9.17) is 10.5 Å². The first-order valence-electron chi connectivity index (χ1n) is 10.2. The van der Waals surface area contributed by atoms with Crippen LogP contribution in [-0.4, -0.2) is 44.0 Å². The summed E-state index contributed by atoms with van der Waals surface area (Å²) in [6.07, 6.45) is 1.54. The number of carboxylic acid groups (broad SMARTS) is 1. The van der Waals surface area contributed by atoms with Gasteiger partial charge in [-0.3, -0.25) is 4.79 Å². The van der Waals surface area contributed by atoms with Gasteiger partial charge in [-0.05, 0) is 48.4 Å². The van der Waals surface area contributed by atoms with E-state index in [0.29, 0.717) is 36.2 Å². The Bertz CT molecular complexity index is 1340. The number of aromatic nitrogens is 3. The molecule has 5 rings (SSSR count). The molecule has 2 aromatic carbocycles. The van der Waals surface area contributed by atoms with Gasteiger partial charge in [-0.2, -0.15) is 5.10 Å². The highest BCUT2D eigenvalue weighted by Crippen LogP contribution is 2.35. The summed E-state index contributed by atoms with van der Waals surface area (Å²) in [4.78, 5) is 25.4. The number of ether oxygens (including phenoxy) is 1. The fourth-order valence-corrected chi connectivity index (χ4v) is 4.24. The number of amides is 1. The van der Waals surface area contributed by atoms with Crippen LogP contribution in [0.1, 0.15) is 17.9 Å². The van der Waals surface area contributed by atoms with E-state index in [9.17, 15) is 14.7 Å². The fourth-order valence-electron chi connectivity index (χ4n) is 4.24. The number of fused-ring (bicyclic) bond motifs is 1. The van der Waals surface area contributed by atoms with Crippen molar-refractivity contribution in [2.24, 2.45) is 0 Å². The molecular formula is C23H21N5O4. The average Bonchev–Trinajstić information content (AvgIpc) is 3.44. The smallest absolute Gasteiger partial charge is 0.407 e. The number of nitrogens with two attached hydrogens (primary N) is 1.